The van der Waals surface area contributed by atoms with Crippen molar-refractivity contribution in [1.29, 1.82) is 0 Å². The molecule has 2 rings (SSSR count). The third-order valence-electron chi connectivity index (χ3n) is 3.55. The van der Waals surface area contributed by atoms with Crippen LogP contribution in [0.2, 0.25) is 0 Å². The fraction of sp³-hybridized carbons (Fsp3) is 0.389. The van der Waals surface area contributed by atoms with Gasteiger partial charge in [0.15, 0.2) is 5.82 Å². The normalized spacial score (nSPS) is 10.6. The molecule has 0 unspecified atom stereocenters. The highest BCUT2D eigenvalue weighted by molar-refractivity contribution is 5.95. The summed E-state index contributed by atoms with van der Waals surface area (Å²) in [5.41, 5.74) is 0.596. The predicted molar refractivity (Wildman–Crippen MR) is 98.2 cm³/mol. The quantitative estimate of drug-likeness (QED) is 0.712. The van der Waals surface area contributed by atoms with Crippen molar-refractivity contribution in [3.63, 3.8) is 0 Å². The van der Waals surface area contributed by atoms with Crippen LogP contribution in [0.1, 0.15) is 19.1 Å². The number of aryl methyl sites for hydroxylation is 1. The zero-order chi connectivity index (χ0) is 18.9. The molecule has 0 bridgehead atoms. The van der Waals surface area contributed by atoms with E-state index in [0.29, 0.717) is 29.6 Å². The van der Waals surface area contributed by atoms with E-state index in [2.05, 4.69) is 15.8 Å². The third kappa shape index (κ3) is 5.89. The second-order valence-corrected chi connectivity index (χ2v) is 5.83. The molecular formula is C18H24N4O4. The van der Waals surface area contributed by atoms with Crippen molar-refractivity contribution < 1.29 is 18.8 Å². The van der Waals surface area contributed by atoms with Crippen molar-refractivity contribution in [1.82, 2.24) is 10.1 Å². The predicted octanol–water partition coefficient (Wildman–Crippen LogP) is 2.28. The molecule has 140 valence electrons. The van der Waals surface area contributed by atoms with Crippen molar-refractivity contribution in [2.24, 2.45) is 0 Å². The second kappa shape index (κ2) is 9.57. The van der Waals surface area contributed by atoms with Crippen molar-refractivity contribution >= 4 is 23.3 Å². The van der Waals surface area contributed by atoms with Crippen molar-refractivity contribution in [3.8, 4) is 5.75 Å². The maximum absolute atomic E-state index is 12.3. The number of carbonyl (C=O) groups is 2. The highest BCUT2D eigenvalue weighted by Crippen LogP contribution is 2.22. The van der Waals surface area contributed by atoms with Gasteiger partial charge in [-0.3, -0.25) is 14.5 Å². The molecular weight excluding hydrogens is 336 g/mol. The number of ether oxygens (including phenoxy) is 1. The lowest BCUT2D eigenvalue weighted by molar-refractivity contribution is -0.120. The molecule has 2 N–H and O–H groups in total. The standard InChI is InChI=1S/C18H24N4O4/c1-4-9-22(12-18(24)20-16-10-13(2)26-21-16)11-17(23)19-14-7-5-6-8-15(14)25-3/h5-8,10H,4,9,11-12H2,1-3H3,(H,19,23)(H,20,21,24). The van der Waals surface area contributed by atoms with E-state index in [4.69, 9.17) is 9.26 Å². The summed E-state index contributed by atoms with van der Waals surface area (Å²) in [5, 5.41) is 9.19. The SMILES string of the molecule is CCCN(CC(=O)Nc1cc(C)on1)CC(=O)Nc1ccccc1OC. The molecule has 0 radical (unpaired) electrons. The Hall–Kier alpha value is -2.87. The van der Waals surface area contributed by atoms with Crippen LogP contribution in [-0.2, 0) is 9.59 Å². The number of hydrogen-bond acceptors (Lipinski definition) is 6. The van der Waals surface area contributed by atoms with Crippen molar-refractivity contribution in [3.05, 3.63) is 36.1 Å². The van der Waals surface area contributed by atoms with Crippen LogP contribution in [0.3, 0.4) is 0 Å². The summed E-state index contributed by atoms with van der Waals surface area (Å²) in [4.78, 5) is 26.3. The first-order chi connectivity index (χ1) is 12.5. The minimum Gasteiger partial charge on any atom is -0.495 e. The molecule has 0 spiro atoms. The number of methoxy groups -OCH3 is 1. The van der Waals surface area contributed by atoms with Crippen LogP contribution in [0.4, 0.5) is 11.5 Å². The fourth-order valence-corrected chi connectivity index (χ4v) is 2.48. The van der Waals surface area contributed by atoms with Gasteiger partial charge in [-0.05, 0) is 32.0 Å². The number of nitrogens with zero attached hydrogens (tertiary/aromatic N) is 2. The zero-order valence-corrected chi connectivity index (χ0v) is 15.2. The Morgan fingerprint density at radius 2 is 1.88 bits per heavy atom. The minimum absolute atomic E-state index is 0.0824. The molecule has 0 fully saturated rings. The highest BCUT2D eigenvalue weighted by atomic mass is 16.5. The summed E-state index contributed by atoms with van der Waals surface area (Å²) in [6.07, 6.45) is 0.818. The Labute approximate surface area is 152 Å². The molecule has 26 heavy (non-hydrogen) atoms. The topological polar surface area (TPSA) is 96.7 Å². The van der Waals surface area contributed by atoms with Gasteiger partial charge in [0, 0.05) is 6.07 Å². The fourth-order valence-electron chi connectivity index (χ4n) is 2.48. The largest absolute Gasteiger partial charge is 0.495 e. The van der Waals surface area contributed by atoms with Crippen LogP contribution in [0.15, 0.2) is 34.9 Å². The third-order valence-corrected chi connectivity index (χ3v) is 3.55. The molecule has 8 nitrogen and oxygen atoms in total. The van der Waals surface area contributed by atoms with Gasteiger partial charge in [0.25, 0.3) is 0 Å². The summed E-state index contributed by atoms with van der Waals surface area (Å²) < 4.78 is 10.1. The molecule has 1 aromatic carbocycles. The number of anilines is 2. The van der Waals surface area contributed by atoms with Crippen LogP contribution in [0.5, 0.6) is 5.75 Å². The van der Waals surface area contributed by atoms with Gasteiger partial charge in [-0.25, -0.2) is 0 Å². The van der Waals surface area contributed by atoms with E-state index in [1.807, 2.05) is 19.1 Å². The van der Waals surface area contributed by atoms with E-state index >= 15 is 0 Å². The van der Waals surface area contributed by atoms with Crippen LogP contribution in [-0.4, -0.2) is 48.6 Å². The number of aromatic nitrogens is 1. The molecule has 0 aliphatic carbocycles. The number of rotatable bonds is 9. The van der Waals surface area contributed by atoms with Gasteiger partial charge < -0.3 is 19.9 Å². The number of para-hydroxylation sites is 2. The summed E-state index contributed by atoms with van der Waals surface area (Å²) in [6, 6.07) is 8.81. The molecule has 0 aliphatic heterocycles. The highest BCUT2D eigenvalue weighted by Gasteiger charge is 2.16. The number of carbonyl (C=O) groups excluding carboxylic acids is 2. The minimum atomic E-state index is -0.253. The maximum atomic E-state index is 12.3. The van der Waals surface area contributed by atoms with Crippen molar-refractivity contribution in [2.45, 2.75) is 20.3 Å². The molecule has 0 atom stereocenters. The Morgan fingerprint density at radius 1 is 1.19 bits per heavy atom. The van der Waals surface area contributed by atoms with E-state index < -0.39 is 0 Å². The number of nitrogens with one attached hydrogen (secondary N) is 2. The Bertz CT molecular complexity index is 744. The molecule has 0 aliphatic rings. The molecule has 1 heterocycles. The zero-order valence-electron chi connectivity index (χ0n) is 15.2. The molecule has 0 saturated carbocycles. The van der Waals surface area contributed by atoms with Crippen molar-refractivity contribution in [2.75, 3.05) is 37.4 Å². The lowest BCUT2D eigenvalue weighted by Gasteiger charge is -2.20. The second-order valence-electron chi connectivity index (χ2n) is 5.83. The lowest BCUT2D eigenvalue weighted by atomic mass is 10.3. The van der Waals surface area contributed by atoms with Crippen LogP contribution < -0.4 is 15.4 Å². The van der Waals surface area contributed by atoms with Gasteiger partial charge in [-0.15, -0.1) is 0 Å². The Kier molecular flexibility index (Phi) is 7.16. The van der Waals surface area contributed by atoms with Gasteiger partial charge in [0.1, 0.15) is 11.5 Å². The number of benzene rings is 1. The van der Waals surface area contributed by atoms with Gasteiger partial charge >= 0.3 is 0 Å². The first-order valence-corrected chi connectivity index (χ1v) is 8.40. The van der Waals surface area contributed by atoms with Gasteiger partial charge in [-0.2, -0.15) is 0 Å². The molecule has 2 aromatic rings. The van der Waals surface area contributed by atoms with Crippen LogP contribution in [0.25, 0.3) is 0 Å². The monoisotopic (exact) mass is 360 g/mol. The summed E-state index contributed by atoms with van der Waals surface area (Å²) >= 11 is 0. The van der Waals surface area contributed by atoms with Gasteiger partial charge in [0.05, 0.1) is 25.9 Å². The van der Waals surface area contributed by atoms with E-state index in [-0.39, 0.29) is 24.9 Å². The first kappa shape index (κ1) is 19.5. The Morgan fingerprint density at radius 3 is 2.50 bits per heavy atom. The first-order valence-electron chi connectivity index (χ1n) is 8.40. The van der Waals surface area contributed by atoms with E-state index in [0.717, 1.165) is 6.42 Å². The Balaban J connectivity index is 1.91. The molecule has 8 heteroatoms. The molecule has 1 aromatic heterocycles. The maximum Gasteiger partial charge on any atom is 0.239 e. The van der Waals surface area contributed by atoms with Crippen LogP contribution in [0, 0.1) is 6.92 Å². The molecule has 0 saturated heterocycles. The number of amides is 2. The summed E-state index contributed by atoms with van der Waals surface area (Å²) in [7, 11) is 1.55. The van der Waals surface area contributed by atoms with Gasteiger partial charge in [-0.1, -0.05) is 24.2 Å². The average molecular weight is 360 g/mol. The number of hydrogen-bond donors (Lipinski definition) is 2. The smallest absolute Gasteiger partial charge is 0.239 e. The van der Waals surface area contributed by atoms with Gasteiger partial charge in [0.2, 0.25) is 11.8 Å². The summed E-state index contributed by atoms with van der Waals surface area (Å²) in [6.45, 7) is 4.53. The molecule has 2 amide bonds. The van der Waals surface area contributed by atoms with Crippen LogP contribution >= 0.6 is 0 Å². The van der Waals surface area contributed by atoms with E-state index in [1.54, 1.807) is 37.1 Å². The van der Waals surface area contributed by atoms with E-state index in [9.17, 15) is 9.59 Å². The average Bonchev–Trinajstić information content (AvgIpc) is 3.00. The lowest BCUT2D eigenvalue weighted by Crippen LogP contribution is -2.39. The van der Waals surface area contributed by atoms with E-state index in [1.165, 1.54) is 0 Å². The summed E-state index contributed by atoms with van der Waals surface area (Å²) in [5.74, 6) is 1.09.